The largest absolute Gasteiger partial charge is 0.478 e. The Kier molecular flexibility index (Phi) is 5.46. The Hall–Kier alpha value is -2.15. The van der Waals surface area contributed by atoms with Gasteiger partial charge in [-0.25, -0.2) is 9.69 Å². The Bertz CT molecular complexity index is 773. The molecule has 0 fully saturated rings. The van der Waals surface area contributed by atoms with Crippen LogP contribution in [0.2, 0.25) is 0 Å². The molecule has 1 aromatic carbocycles. The lowest BCUT2D eigenvalue weighted by molar-refractivity contribution is -0.150. The number of rotatable bonds is 5. The highest BCUT2D eigenvalue weighted by Crippen LogP contribution is 2.38. The van der Waals surface area contributed by atoms with Crippen LogP contribution in [0, 0.1) is 0 Å². The number of anilines is 1. The summed E-state index contributed by atoms with van der Waals surface area (Å²) in [6, 6.07) is 4.97. The van der Waals surface area contributed by atoms with E-state index >= 15 is 0 Å². The van der Waals surface area contributed by atoms with Crippen LogP contribution in [0.3, 0.4) is 0 Å². The van der Waals surface area contributed by atoms with Crippen LogP contribution in [0.5, 0.6) is 5.75 Å². The van der Waals surface area contributed by atoms with Crippen molar-refractivity contribution in [3.05, 3.63) is 33.8 Å². The molecular weight excluding hydrogens is 402 g/mol. The number of esters is 1. The van der Waals surface area contributed by atoms with Crippen molar-refractivity contribution < 1.29 is 23.9 Å². The van der Waals surface area contributed by atoms with Gasteiger partial charge in [-0.05, 0) is 67.6 Å². The summed E-state index contributed by atoms with van der Waals surface area (Å²) >= 11 is 3.37. The van der Waals surface area contributed by atoms with Crippen LogP contribution in [-0.4, -0.2) is 30.5 Å². The van der Waals surface area contributed by atoms with Gasteiger partial charge < -0.3 is 9.47 Å². The van der Waals surface area contributed by atoms with Gasteiger partial charge in [0.25, 0.3) is 11.8 Å². The molecule has 0 radical (unpaired) electrons. The van der Waals surface area contributed by atoms with E-state index in [2.05, 4.69) is 15.9 Å². The van der Waals surface area contributed by atoms with Gasteiger partial charge in [0.1, 0.15) is 5.75 Å². The summed E-state index contributed by atoms with van der Waals surface area (Å²) in [5.41, 5.74) is 1.70. The van der Waals surface area contributed by atoms with Gasteiger partial charge in [-0.15, -0.1) is 0 Å². The monoisotopic (exact) mass is 421 g/mol. The predicted molar refractivity (Wildman–Crippen MR) is 98.9 cm³/mol. The molecule has 0 N–H and O–H groups in total. The smallest absolute Gasteiger partial charge is 0.347 e. The fourth-order valence-electron chi connectivity index (χ4n) is 3.19. The van der Waals surface area contributed by atoms with Crippen LogP contribution in [0.15, 0.2) is 33.8 Å². The van der Waals surface area contributed by atoms with Gasteiger partial charge >= 0.3 is 5.97 Å². The van der Waals surface area contributed by atoms with Crippen molar-refractivity contribution in [2.45, 2.75) is 45.6 Å². The average molecular weight is 422 g/mol. The van der Waals surface area contributed by atoms with Gasteiger partial charge in [-0.1, -0.05) is 0 Å². The van der Waals surface area contributed by atoms with Gasteiger partial charge in [0.15, 0.2) is 6.10 Å². The molecule has 138 valence electrons. The first kappa shape index (κ1) is 18.6. The van der Waals surface area contributed by atoms with Crippen molar-refractivity contribution in [2.75, 3.05) is 11.5 Å². The molecule has 7 heteroatoms. The van der Waals surface area contributed by atoms with E-state index in [1.165, 1.54) is 4.90 Å². The van der Waals surface area contributed by atoms with Crippen molar-refractivity contribution in [1.29, 1.82) is 0 Å². The van der Waals surface area contributed by atoms with Gasteiger partial charge in [0.2, 0.25) is 0 Å². The van der Waals surface area contributed by atoms with Gasteiger partial charge in [-0.2, -0.15) is 0 Å². The lowest BCUT2D eigenvalue weighted by atomic mass is 9.93. The van der Waals surface area contributed by atoms with E-state index in [1.807, 2.05) is 0 Å². The van der Waals surface area contributed by atoms with E-state index in [4.69, 9.17) is 9.47 Å². The molecule has 2 aliphatic rings. The van der Waals surface area contributed by atoms with E-state index < -0.39 is 12.1 Å². The minimum Gasteiger partial charge on any atom is -0.478 e. The molecule has 0 aromatic heterocycles. The Labute approximate surface area is 160 Å². The molecule has 1 aromatic rings. The summed E-state index contributed by atoms with van der Waals surface area (Å²) in [6.07, 6.45) is 2.35. The second-order valence-corrected chi connectivity index (χ2v) is 7.09. The number of ether oxygens (including phenoxy) is 2. The van der Waals surface area contributed by atoms with E-state index in [-0.39, 0.29) is 18.4 Å². The number of carbonyl (C=O) groups excluding carboxylic acids is 3. The number of amides is 2. The van der Waals surface area contributed by atoms with Crippen molar-refractivity contribution in [1.82, 2.24) is 0 Å². The summed E-state index contributed by atoms with van der Waals surface area (Å²) in [7, 11) is 0. The minimum absolute atomic E-state index is 0.253. The fraction of sp³-hybridized carbons (Fsp3) is 0.421. The maximum absolute atomic E-state index is 12.7. The Morgan fingerprint density at radius 3 is 2.38 bits per heavy atom. The molecule has 1 aliphatic heterocycles. The first-order valence-electron chi connectivity index (χ1n) is 8.67. The zero-order valence-corrected chi connectivity index (χ0v) is 16.3. The van der Waals surface area contributed by atoms with Crippen LogP contribution in [0.4, 0.5) is 5.69 Å². The molecule has 1 aliphatic carbocycles. The van der Waals surface area contributed by atoms with Crippen LogP contribution in [0.25, 0.3) is 0 Å². The Morgan fingerprint density at radius 1 is 1.19 bits per heavy atom. The van der Waals surface area contributed by atoms with Crippen molar-refractivity contribution in [3.8, 4) is 5.75 Å². The number of nitrogens with zero attached hydrogens (tertiary/aromatic N) is 1. The third-order valence-electron chi connectivity index (χ3n) is 4.49. The average Bonchev–Trinajstić information content (AvgIpc) is 2.88. The lowest BCUT2D eigenvalue weighted by Crippen LogP contribution is -2.31. The molecule has 1 heterocycles. The number of carbonyl (C=O) groups is 3. The van der Waals surface area contributed by atoms with Gasteiger partial charge in [0, 0.05) is 17.2 Å². The summed E-state index contributed by atoms with van der Waals surface area (Å²) in [4.78, 5) is 38.4. The summed E-state index contributed by atoms with van der Waals surface area (Å²) in [6.45, 7) is 3.58. The maximum atomic E-state index is 12.7. The first-order chi connectivity index (χ1) is 12.4. The molecular formula is C19H20BrNO5. The standard InChI is InChI=1S/C19H20BrNO5/c1-3-25-19(24)11(2)26-16-10-12(8-9-15(16)20)21-17(22)13-6-4-5-7-14(13)18(21)23/h8-11H,3-7H2,1-2H3. The quantitative estimate of drug-likeness (QED) is 0.536. The highest BCUT2D eigenvalue weighted by Gasteiger charge is 2.39. The molecule has 0 saturated heterocycles. The summed E-state index contributed by atoms with van der Waals surface area (Å²) in [5, 5.41) is 0. The first-order valence-corrected chi connectivity index (χ1v) is 9.47. The Balaban J connectivity index is 1.85. The Morgan fingerprint density at radius 2 is 1.81 bits per heavy atom. The van der Waals surface area contributed by atoms with E-state index in [1.54, 1.807) is 32.0 Å². The van der Waals surface area contributed by atoms with Crippen molar-refractivity contribution >= 4 is 39.4 Å². The molecule has 1 atom stereocenters. The lowest BCUT2D eigenvalue weighted by Gasteiger charge is -2.19. The topological polar surface area (TPSA) is 72.9 Å². The van der Waals surface area contributed by atoms with E-state index in [0.717, 1.165) is 12.8 Å². The highest BCUT2D eigenvalue weighted by atomic mass is 79.9. The fourth-order valence-corrected chi connectivity index (χ4v) is 3.53. The summed E-state index contributed by atoms with van der Waals surface area (Å²) in [5.74, 6) is -0.614. The van der Waals surface area contributed by atoms with Crippen LogP contribution < -0.4 is 9.64 Å². The minimum atomic E-state index is -0.808. The third-order valence-corrected chi connectivity index (χ3v) is 5.14. The molecule has 2 amide bonds. The highest BCUT2D eigenvalue weighted by molar-refractivity contribution is 9.10. The third kappa shape index (κ3) is 3.40. The number of hydrogen-bond acceptors (Lipinski definition) is 5. The van der Waals surface area contributed by atoms with Crippen LogP contribution >= 0.6 is 15.9 Å². The van der Waals surface area contributed by atoms with Crippen molar-refractivity contribution in [2.24, 2.45) is 0 Å². The number of imide groups is 1. The molecule has 6 nitrogen and oxygen atoms in total. The maximum Gasteiger partial charge on any atom is 0.347 e. The second kappa shape index (κ2) is 7.61. The van der Waals surface area contributed by atoms with Crippen LogP contribution in [-0.2, 0) is 19.1 Å². The number of benzene rings is 1. The molecule has 3 rings (SSSR count). The molecule has 1 unspecified atom stereocenters. The number of hydrogen-bond donors (Lipinski definition) is 0. The van der Waals surface area contributed by atoms with E-state index in [0.29, 0.717) is 39.9 Å². The van der Waals surface area contributed by atoms with Gasteiger partial charge in [-0.3, -0.25) is 9.59 Å². The molecule has 0 bridgehead atoms. The molecule has 26 heavy (non-hydrogen) atoms. The van der Waals surface area contributed by atoms with Crippen molar-refractivity contribution in [3.63, 3.8) is 0 Å². The second-order valence-electron chi connectivity index (χ2n) is 6.24. The normalized spacial score (nSPS) is 18.0. The zero-order chi connectivity index (χ0) is 18.8. The summed E-state index contributed by atoms with van der Waals surface area (Å²) < 4.78 is 11.2. The van der Waals surface area contributed by atoms with Gasteiger partial charge in [0.05, 0.1) is 16.8 Å². The number of halogens is 1. The molecule has 0 spiro atoms. The zero-order valence-electron chi connectivity index (χ0n) is 14.7. The SMILES string of the molecule is CCOC(=O)C(C)Oc1cc(N2C(=O)C3=C(CCCC3)C2=O)ccc1Br. The van der Waals surface area contributed by atoms with E-state index in [9.17, 15) is 14.4 Å². The molecule has 0 saturated carbocycles. The van der Waals surface area contributed by atoms with Crippen LogP contribution in [0.1, 0.15) is 39.5 Å². The predicted octanol–water partition coefficient (Wildman–Crippen LogP) is 3.52.